The normalized spacial score (nSPS) is 15.4. The van der Waals surface area contributed by atoms with E-state index in [4.69, 9.17) is 20.9 Å². The summed E-state index contributed by atoms with van der Waals surface area (Å²) in [5.41, 5.74) is 11.6. The molecule has 0 aliphatic rings. The van der Waals surface area contributed by atoms with E-state index in [1.807, 2.05) is 13.8 Å². The zero-order valence-electron chi connectivity index (χ0n) is 10.9. The molecule has 0 aliphatic carbocycles. The van der Waals surface area contributed by atoms with Crippen molar-refractivity contribution in [1.29, 1.82) is 0 Å². The van der Waals surface area contributed by atoms with Gasteiger partial charge in [0.05, 0.1) is 12.2 Å². The van der Waals surface area contributed by atoms with E-state index < -0.39 is 0 Å². The van der Waals surface area contributed by atoms with Crippen molar-refractivity contribution in [2.75, 3.05) is 19.8 Å². The summed E-state index contributed by atoms with van der Waals surface area (Å²) in [6.45, 7) is 8.25. The van der Waals surface area contributed by atoms with Crippen LogP contribution in [0.3, 0.4) is 0 Å². The highest BCUT2D eigenvalue weighted by atomic mass is 16.5. The molecule has 0 fully saturated rings. The van der Waals surface area contributed by atoms with Gasteiger partial charge < -0.3 is 20.9 Å². The Balaban J connectivity index is 3.81. The van der Waals surface area contributed by atoms with Crippen molar-refractivity contribution in [2.45, 2.75) is 58.3 Å². The Morgan fingerprint density at radius 3 is 2.31 bits per heavy atom. The predicted molar refractivity (Wildman–Crippen MR) is 67.4 cm³/mol. The van der Waals surface area contributed by atoms with Gasteiger partial charge in [0.1, 0.15) is 0 Å². The molecule has 0 spiro atoms. The monoisotopic (exact) mass is 232 g/mol. The molecule has 16 heavy (non-hydrogen) atoms. The number of rotatable bonds is 10. The molecule has 4 nitrogen and oxygen atoms in total. The van der Waals surface area contributed by atoms with Gasteiger partial charge in [0.15, 0.2) is 0 Å². The van der Waals surface area contributed by atoms with E-state index in [1.165, 1.54) is 0 Å². The summed E-state index contributed by atoms with van der Waals surface area (Å²) in [4.78, 5) is 0. The molecule has 0 saturated carbocycles. The van der Waals surface area contributed by atoms with E-state index in [-0.39, 0.29) is 18.2 Å². The van der Waals surface area contributed by atoms with Gasteiger partial charge in [-0.3, -0.25) is 0 Å². The van der Waals surface area contributed by atoms with Crippen LogP contribution in [0.25, 0.3) is 0 Å². The highest BCUT2D eigenvalue weighted by Gasteiger charge is 2.18. The number of ether oxygens (including phenoxy) is 2. The predicted octanol–water partition coefficient (Wildman–Crippen LogP) is 1.27. The molecule has 0 rings (SSSR count). The van der Waals surface area contributed by atoms with Crippen LogP contribution in [0.4, 0.5) is 0 Å². The largest absolute Gasteiger partial charge is 0.381 e. The summed E-state index contributed by atoms with van der Waals surface area (Å²) < 4.78 is 11.2. The lowest BCUT2D eigenvalue weighted by Gasteiger charge is -2.25. The van der Waals surface area contributed by atoms with Crippen LogP contribution in [0.2, 0.25) is 0 Å². The topological polar surface area (TPSA) is 70.5 Å². The second-order valence-electron chi connectivity index (χ2n) is 4.37. The van der Waals surface area contributed by atoms with Gasteiger partial charge in [-0.25, -0.2) is 0 Å². The third-order valence-electron chi connectivity index (χ3n) is 2.32. The Kier molecular flexibility index (Phi) is 9.92. The molecule has 0 heterocycles. The Bertz CT molecular complexity index is 154. The van der Waals surface area contributed by atoms with Gasteiger partial charge in [0.25, 0.3) is 0 Å². The molecule has 0 amide bonds. The van der Waals surface area contributed by atoms with Crippen molar-refractivity contribution in [3.05, 3.63) is 0 Å². The third-order valence-corrected chi connectivity index (χ3v) is 2.32. The van der Waals surface area contributed by atoms with Gasteiger partial charge in [-0.05, 0) is 39.7 Å². The van der Waals surface area contributed by atoms with Crippen molar-refractivity contribution in [2.24, 2.45) is 11.5 Å². The fourth-order valence-electron chi connectivity index (χ4n) is 1.55. The maximum atomic E-state index is 6.07. The van der Waals surface area contributed by atoms with Crippen LogP contribution in [-0.2, 0) is 9.47 Å². The lowest BCUT2D eigenvalue weighted by atomic mass is 10.1. The zero-order chi connectivity index (χ0) is 12.4. The van der Waals surface area contributed by atoms with Crippen LogP contribution in [0.15, 0.2) is 0 Å². The van der Waals surface area contributed by atoms with Crippen molar-refractivity contribution < 1.29 is 9.47 Å². The summed E-state index contributed by atoms with van der Waals surface area (Å²) in [6, 6.07) is 0.0165. The van der Waals surface area contributed by atoms with Crippen LogP contribution in [0, 0.1) is 0 Å². The van der Waals surface area contributed by atoms with Gasteiger partial charge in [0, 0.05) is 19.3 Å². The Hall–Kier alpha value is -0.160. The highest BCUT2D eigenvalue weighted by Crippen LogP contribution is 2.09. The van der Waals surface area contributed by atoms with E-state index in [0.717, 1.165) is 25.9 Å². The molecule has 4 heteroatoms. The molecule has 0 aliphatic heterocycles. The minimum Gasteiger partial charge on any atom is -0.381 e. The molecule has 0 aromatic carbocycles. The van der Waals surface area contributed by atoms with E-state index in [2.05, 4.69) is 6.92 Å². The minimum atomic E-state index is 0.0165. The smallest absolute Gasteiger partial charge is 0.0742 e. The number of hydrogen-bond acceptors (Lipinski definition) is 4. The van der Waals surface area contributed by atoms with Gasteiger partial charge in [0.2, 0.25) is 0 Å². The molecule has 2 atom stereocenters. The lowest BCUT2D eigenvalue weighted by Crippen LogP contribution is -2.40. The molecule has 0 radical (unpaired) electrons. The third kappa shape index (κ3) is 8.05. The summed E-state index contributed by atoms with van der Waals surface area (Å²) in [6.07, 6.45) is 2.93. The van der Waals surface area contributed by atoms with Crippen LogP contribution in [0.1, 0.15) is 40.0 Å². The molecule has 0 aromatic heterocycles. The molecule has 2 unspecified atom stereocenters. The van der Waals surface area contributed by atoms with E-state index in [1.54, 1.807) is 0 Å². The minimum absolute atomic E-state index is 0.0165. The Morgan fingerprint density at radius 1 is 1.12 bits per heavy atom. The van der Waals surface area contributed by atoms with Crippen LogP contribution >= 0.6 is 0 Å². The zero-order valence-corrected chi connectivity index (χ0v) is 10.9. The van der Waals surface area contributed by atoms with E-state index in [9.17, 15) is 0 Å². The molecule has 0 saturated heterocycles. The van der Waals surface area contributed by atoms with Crippen molar-refractivity contribution in [3.8, 4) is 0 Å². The molecule has 98 valence electrons. The van der Waals surface area contributed by atoms with Gasteiger partial charge in [-0.2, -0.15) is 0 Å². The fourth-order valence-corrected chi connectivity index (χ4v) is 1.55. The number of hydrogen-bond donors (Lipinski definition) is 2. The number of nitrogens with two attached hydrogens (primary N) is 2. The summed E-state index contributed by atoms with van der Waals surface area (Å²) in [5, 5.41) is 0. The lowest BCUT2D eigenvalue weighted by molar-refractivity contribution is -0.0163. The highest BCUT2D eigenvalue weighted by molar-refractivity contribution is 4.74. The standard InChI is InChI=1S/C12H28N2O2/c1-4-8-15-9-6-11(14)12(5-7-13)16-10(2)3/h10-12H,4-9,13-14H2,1-3H3. The van der Waals surface area contributed by atoms with E-state index >= 15 is 0 Å². The average Bonchev–Trinajstić information content (AvgIpc) is 2.23. The first-order chi connectivity index (χ1) is 7.61. The van der Waals surface area contributed by atoms with Gasteiger partial charge in [-0.15, -0.1) is 0 Å². The van der Waals surface area contributed by atoms with Crippen molar-refractivity contribution in [3.63, 3.8) is 0 Å². The van der Waals surface area contributed by atoms with Gasteiger partial charge in [-0.1, -0.05) is 6.92 Å². The van der Waals surface area contributed by atoms with Crippen LogP contribution in [-0.4, -0.2) is 38.0 Å². The van der Waals surface area contributed by atoms with Crippen molar-refractivity contribution in [1.82, 2.24) is 0 Å². The Labute approximate surface area is 99.7 Å². The van der Waals surface area contributed by atoms with Crippen LogP contribution < -0.4 is 11.5 Å². The molecule has 0 bridgehead atoms. The first-order valence-electron chi connectivity index (χ1n) is 6.30. The maximum Gasteiger partial charge on any atom is 0.0742 e. The maximum absolute atomic E-state index is 6.07. The molecular weight excluding hydrogens is 204 g/mol. The van der Waals surface area contributed by atoms with Gasteiger partial charge >= 0.3 is 0 Å². The first-order valence-corrected chi connectivity index (χ1v) is 6.30. The summed E-state index contributed by atoms with van der Waals surface area (Å²) in [5.74, 6) is 0. The van der Waals surface area contributed by atoms with E-state index in [0.29, 0.717) is 13.2 Å². The SMILES string of the molecule is CCCOCCC(N)C(CCN)OC(C)C. The second-order valence-corrected chi connectivity index (χ2v) is 4.37. The van der Waals surface area contributed by atoms with Crippen molar-refractivity contribution >= 4 is 0 Å². The molecule has 0 aromatic rings. The quantitative estimate of drug-likeness (QED) is 0.557. The summed E-state index contributed by atoms with van der Waals surface area (Å²) in [7, 11) is 0. The second kappa shape index (κ2) is 10.0. The molecule has 4 N–H and O–H groups in total. The summed E-state index contributed by atoms with van der Waals surface area (Å²) >= 11 is 0. The Morgan fingerprint density at radius 2 is 1.81 bits per heavy atom. The fraction of sp³-hybridized carbons (Fsp3) is 1.00. The average molecular weight is 232 g/mol. The van der Waals surface area contributed by atoms with Crippen LogP contribution in [0.5, 0.6) is 0 Å². The molecular formula is C12H28N2O2. The first kappa shape index (κ1) is 15.8.